The second-order valence-electron chi connectivity index (χ2n) is 4.85. The molecular weight excluding hydrogens is 362 g/mol. The summed E-state index contributed by atoms with van der Waals surface area (Å²) in [5, 5.41) is 10.6. The second kappa shape index (κ2) is 6.18. The predicted molar refractivity (Wildman–Crippen MR) is 89.3 cm³/mol. The number of hydrogen-bond acceptors (Lipinski definition) is 4. The van der Waals surface area contributed by atoms with Crippen LogP contribution < -0.4 is 0 Å². The van der Waals surface area contributed by atoms with Crippen molar-refractivity contribution in [2.45, 2.75) is 0 Å². The van der Waals surface area contributed by atoms with E-state index in [1.54, 1.807) is 24.3 Å². The quantitative estimate of drug-likeness (QED) is 0.348. The molecule has 0 bridgehead atoms. The molecule has 0 fully saturated rings. The lowest BCUT2D eigenvalue weighted by Gasteiger charge is -2.01. The van der Waals surface area contributed by atoms with E-state index in [4.69, 9.17) is 4.74 Å². The van der Waals surface area contributed by atoms with Gasteiger partial charge in [-0.05, 0) is 42.0 Å². The first-order chi connectivity index (χ1) is 11.0. The van der Waals surface area contributed by atoms with Crippen molar-refractivity contribution < 1.29 is 14.5 Å². The zero-order chi connectivity index (χ0) is 16.4. The van der Waals surface area contributed by atoms with Crippen molar-refractivity contribution in [1.82, 2.24) is 0 Å². The van der Waals surface area contributed by atoms with Crippen molar-refractivity contribution in [3.05, 3.63) is 85.9 Å². The number of benzene rings is 2. The highest BCUT2D eigenvalue weighted by Crippen LogP contribution is 2.28. The van der Waals surface area contributed by atoms with Crippen LogP contribution in [0.4, 0.5) is 5.69 Å². The minimum Gasteiger partial charge on any atom is -0.422 e. The molecule has 0 spiro atoms. The molecule has 0 saturated heterocycles. The lowest BCUT2D eigenvalue weighted by Crippen LogP contribution is -1.97. The summed E-state index contributed by atoms with van der Waals surface area (Å²) < 4.78 is 6.20. The van der Waals surface area contributed by atoms with E-state index in [-0.39, 0.29) is 5.69 Å². The average Bonchev–Trinajstić information content (AvgIpc) is 2.89. The highest BCUT2D eigenvalue weighted by atomic mass is 79.9. The molecule has 1 aliphatic rings. The molecular formula is C17H10BrNO4. The van der Waals surface area contributed by atoms with Crippen LogP contribution in [0.5, 0.6) is 0 Å². The summed E-state index contributed by atoms with van der Waals surface area (Å²) >= 11 is 3.35. The molecule has 0 radical (unpaired) electrons. The number of halogens is 1. The van der Waals surface area contributed by atoms with Gasteiger partial charge in [0, 0.05) is 22.2 Å². The van der Waals surface area contributed by atoms with Gasteiger partial charge in [-0.25, -0.2) is 4.79 Å². The van der Waals surface area contributed by atoms with E-state index in [2.05, 4.69) is 15.9 Å². The van der Waals surface area contributed by atoms with Crippen molar-refractivity contribution in [1.29, 1.82) is 0 Å². The molecule has 0 saturated carbocycles. The lowest BCUT2D eigenvalue weighted by molar-refractivity contribution is -0.384. The average molecular weight is 372 g/mol. The van der Waals surface area contributed by atoms with Gasteiger partial charge in [-0.15, -0.1) is 0 Å². The highest BCUT2D eigenvalue weighted by molar-refractivity contribution is 9.10. The van der Waals surface area contributed by atoms with Crippen LogP contribution in [-0.4, -0.2) is 10.9 Å². The fraction of sp³-hybridized carbons (Fsp3) is 0. The zero-order valence-electron chi connectivity index (χ0n) is 11.7. The first-order valence-corrected chi connectivity index (χ1v) is 7.48. The van der Waals surface area contributed by atoms with Crippen LogP contribution in [0, 0.1) is 10.1 Å². The maximum Gasteiger partial charge on any atom is 0.343 e. The predicted octanol–water partition coefficient (Wildman–Crippen LogP) is 4.34. The van der Waals surface area contributed by atoms with E-state index in [9.17, 15) is 14.9 Å². The van der Waals surface area contributed by atoms with E-state index in [0.29, 0.717) is 16.9 Å². The van der Waals surface area contributed by atoms with Gasteiger partial charge in [-0.3, -0.25) is 10.1 Å². The Morgan fingerprint density at radius 3 is 2.30 bits per heavy atom. The Morgan fingerprint density at radius 2 is 1.70 bits per heavy atom. The standard InChI is InChI=1S/C17H10BrNO4/c18-14-5-3-12(4-6-14)16-10-13(17(20)23-16)9-11-1-7-15(8-2-11)19(21)22/h1-10H/b13-9-. The molecule has 114 valence electrons. The minimum absolute atomic E-state index is 0.00671. The van der Waals surface area contributed by atoms with E-state index in [0.717, 1.165) is 10.0 Å². The molecule has 0 amide bonds. The third-order valence-electron chi connectivity index (χ3n) is 3.28. The highest BCUT2D eigenvalue weighted by Gasteiger charge is 2.21. The Hall–Kier alpha value is -2.73. The molecule has 0 atom stereocenters. The number of rotatable bonds is 3. The summed E-state index contributed by atoms with van der Waals surface area (Å²) in [5.41, 5.74) is 1.90. The van der Waals surface area contributed by atoms with Crippen LogP contribution in [0.2, 0.25) is 0 Å². The number of esters is 1. The molecule has 3 rings (SSSR count). The molecule has 23 heavy (non-hydrogen) atoms. The number of hydrogen-bond donors (Lipinski definition) is 0. The van der Waals surface area contributed by atoms with Gasteiger partial charge in [0.05, 0.1) is 10.5 Å². The monoisotopic (exact) mass is 371 g/mol. The Morgan fingerprint density at radius 1 is 1.04 bits per heavy atom. The van der Waals surface area contributed by atoms with E-state index in [1.807, 2.05) is 24.3 Å². The summed E-state index contributed by atoms with van der Waals surface area (Å²) in [6.45, 7) is 0. The topological polar surface area (TPSA) is 69.4 Å². The summed E-state index contributed by atoms with van der Waals surface area (Å²) in [6.07, 6.45) is 3.30. The van der Waals surface area contributed by atoms with Gasteiger partial charge in [0.2, 0.25) is 0 Å². The lowest BCUT2D eigenvalue weighted by atomic mass is 10.1. The van der Waals surface area contributed by atoms with Gasteiger partial charge in [0.1, 0.15) is 5.76 Å². The number of cyclic esters (lactones) is 1. The van der Waals surface area contributed by atoms with Crippen LogP contribution in [0.15, 0.2) is 64.7 Å². The maximum atomic E-state index is 11.9. The molecule has 6 heteroatoms. The normalized spacial score (nSPS) is 15.4. The van der Waals surface area contributed by atoms with Gasteiger partial charge in [-0.2, -0.15) is 0 Å². The number of carbonyl (C=O) groups is 1. The van der Waals surface area contributed by atoms with Gasteiger partial charge in [0.15, 0.2) is 0 Å². The van der Waals surface area contributed by atoms with Gasteiger partial charge >= 0.3 is 5.97 Å². The first kappa shape index (κ1) is 15.2. The van der Waals surface area contributed by atoms with Crippen molar-refractivity contribution in [2.75, 3.05) is 0 Å². The Labute approximate surface area is 140 Å². The van der Waals surface area contributed by atoms with Crippen LogP contribution in [0.25, 0.3) is 11.8 Å². The number of nitro benzene ring substituents is 1. The Bertz CT molecular complexity index is 836. The largest absolute Gasteiger partial charge is 0.422 e. The van der Waals surface area contributed by atoms with E-state index >= 15 is 0 Å². The van der Waals surface area contributed by atoms with Gasteiger partial charge in [0.25, 0.3) is 5.69 Å². The number of ether oxygens (including phenoxy) is 1. The zero-order valence-corrected chi connectivity index (χ0v) is 13.3. The van der Waals surface area contributed by atoms with Crippen LogP contribution in [0.1, 0.15) is 11.1 Å². The Kier molecular flexibility index (Phi) is 4.08. The Balaban J connectivity index is 1.88. The molecule has 0 aliphatic carbocycles. The third-order valence-corrected chi connectivity index (χ3v) is 3.81. The van der Waals surface area contributed by atoms with Crippen LogP contribution >= 0.6 is 15.9 Å². The molecule has 0 aromatic heterocycles. The minimum atomic E-state index is -0.466. The molecule has 0 N–H and O–H groups in total. The van der Waals surface area contributed by atoms with Gasteiger partial charge in [-0.1, -0.05) is 28.1 Å². The van der Waals surface area contributed by atoms with Crippen LogP contribution in [0.3, 0.4) is 0 Å². The summed E-state index contributed by atoms with van der Waals surface area (Å²) in [6, 6.07) is 13.4. The molecule has 1 aliphatic heterocycles. The van der Waals surface area contributed by atoms with Crippen LogP contribution in [-0.2, 0) is 9.53 Å². The number of nitro groups is 1. The van der Waals surface area contributed by atoms with E-state index in [1.165, 1.54) is 12.1 Å². The smallest absolute Gasteiger partial charge is 0.343 e. The number of carbonyl (C=O) groups excluding carboxylic acids is 1. The molecule has 2 aromatic rings. The van der Waals surface area contributed by atoms with Gasteiger partial charge < -0.3 is 4.74 Å². The first-order valence-electron chi connectivity index (χ1n) is 6.69. The maximum absolute atomic E-state index is 11.9. The molecule has 2 aromatic carbocycles. The number of non-ortho nitro benzene ring substituents is 1. The van der Waals surface area contributed by atoms with Crippen molar-refractivity contribution >= 4 is 39.4 Å². The van der Waals surface area contributed by atoms with E-state index < -0.39 is 10.9 Å². The molecule has 0 unspecified atom stereocenters. The summed E-state index contributed by atoms with van der Waals surface area (Å²) in [5.74, 6) is 0.0388. The van der Waals surface area contributed by atoms with Crippen molar-refractivity contribution in [2.24, 2.45) is 0 Å². The molecule has 1 heterocycles. The summed E-state index contributed by atoms with van der Waals surface area (Å²) in [7, 11) is 0. The summed E-state index contributed by atoms with van der Waals surface area (Å²) in [4.78, 5) is 22.1. The SMILES string of the molecule is O=C1OC(c2ccc(Br)cc2)=C/C1=C/c1ccc([N+](=O)[O-])cc1. The van der Waals surface area contributed by atoms with Crippen molar-refractivity contribution in [3.8, 4) is 0 Å². The fourth-order valence-corrected chi connectivity index (χ4v) is 2.38. The number of nitrogens with zero attached hydrogens (tertiary/aromatic N) is 1. The molecule has 5 nitrogen and oxygen atoms in total. The third kappa shape index (κ3) is 3.37. The second-order valence-corrected chi connectivity index (χ2v) is 5.77. The fourth-order valence-electron chi connectivity index (χ4n) is 2.12. The van der Waals surface area contributed by atoms with Crippen molar-refractivity contribution in [3.63, 3.8) is 0 Å².